The maximum absolute atomic E-state index is 12.4. The van der Waals surface area contributed by atoms with Crippen LogP contribution >= 0.6 is 0 Å². The minimum absolute atomic E-state index is 0.0781. The summed E-state index contributed by atoms with van der Waals surface area (Å²) in [5, 5.41) is 11.9. The zero-order valence-corrected chi connectivity index (χ0v) is 11.8. The Morgan fingerprint density at radius 2 is 2.00 bits per heavy atom. The number of hydrogen-bond donors (Lipinski definition) is 3. The Kier molecular flexibility index (Phi) is 4.66. The summed E-state index contributed by atoms with van der Waals surface area (Å²) in [6, 6.07) is -1.24. The second-order valence-corrected chi connectivity index (χ2v) is 5.67. The van der Waals surface area contributed by atoms with Crippen LogP contribution in [-0.4, -0.2) is 59.3 Å². The zero-order valence-electron chi connectivity index (χ0n) is 11.8. The average molecular weight is 299 g/mol. The fraction of sp³-hybridized carbons (Fsp3) is 0.769. The zero-order chi connectivity index (χ0) is 15.5. The number of ether oxygens (including phenoxy) is 1. The lowest BCUT2D eigenvalue weighted by Gasteiger charge is -2.37. The molecule has 1 unspecified atom stereocenters. The Bertz CT molecular complexity index is 434. The first kappa shape index (κ1) is 15.6. The van der Waals surface area contributed by atoms with Gasteiger partial charge in [-0.2, -0.15) is 0 Å². The Hall–Kier alpha value is -1.83. The number of rotatable bonds is 4. The monoisotopic (exact) mass is 299 g/mol. The number of urea groups is 1. The van der Waals surface area contributed by atoms with Crippen LogP contribution in [0.2, 0.25) is 0 Å². The van der Waals surface area contributed by atoms with Gasteiger partial charge in [-0.1, -0.05) is 12.8 Å². The molecule has 1 heterocycles. The lowest BCUT2D eigenvalue weighted by atomic mass is 9.93. The topological polar surface area (TPSA) is 122 Å². The molecule has 0 radical (unpaired) electrons. The number of nitrogens with two attached hydrogens (primary N) is 1. The third-order valence-corrected chi connectivity index (χ3v) is 4.14. The number of primary amides is 1. The number of hydrogen-bond acceptors (Lipinski definition) is 4. The number of carbonyl (C=O) groups is 3. The van der Waals surface area contributed by atoms with E-state index in [-0.39, 0.29) is 19.6 Å². The minimum Gasteiger partial charge on any atom is -0.481 e. The molecule has 8 nitrogen and oxygen atoms in total. The van der Waals surface area contributed by atoms with Gasteiger partial charge in [-0.05, 0) is 12.8 Å². The van der Waals surface area contributed by atoms with E-state index in [4.69, 9.17) is 15.6 Å². The van der Waals surface area contributed by atoms with Gasteiger partial charge in [-0.15, -0.1) is 0 Å². The van der Waals surface area contributed by atoms with Gasteiger partial charge in [0.05, 0.1) is 25.2 Å². The van der Waals surface area contributed by atoms with E-state index >= 15 is 0 Å². The molecule has 2 fully saturated rings. The number of aliphatic carboxylic acids is 1. The highest BCUT2D eigenvalue weighted by molar-refractivity contribution is 5.86. The molecule has 118 valence electrons. The van der Waals surface area contributed by atoms with Crippen molar-refractivity contribution in [1.29, 1.82) is 0 Å². The Labute approximate surface area is 122 Å². The lowest BCUT2D eigenvalue weighted by molar-refractivity contribution is -0.138. The highest BCUT2D eigenvalue weighted by Crippen LogP contribution is 2.33. The van der Waals surface area contributed by atoms with Crippen molar-refractivity contribution in [2.45, 2.75) is 43.7 Å². The van der Waals surface area contributed by atoms with E-state index in [0.717, 1.165) is 12.8 Å². The van der Waals surface area contributed by atoms with Gasteiger partial charge >= 0.3 is 12.0 Å². The number of carboxylic acid groups (broad SMARTS) is 1. The summed E-state index contributed by atoms with van der Waals surface area (Å²) in [6.45, 7) is 0.681. The smallest absolute Gasteiger partial charge is 0.318 e. The highest BCUT2D eigenvalue weighted by atomic mass is 16.5. The van der Waals surface area contributed by atoms with Crippen LogP contribution in [0.1, 0.15) is 32.1 Å². The molecule has 0 bridgehead atoms. The maximum atomic E-state index is 12.4. The minimum atomic E-state index is -0.939. The second kappa shape index (κ2) is 6.30. The molecule has 1 atom stereocenters. The number of nitrogens with one attached hydrogen (secondary N) is 1. The molecule has 2 rings (SSSR count). The van der Waals surface area contributed by atoms with Crippen LogP contribution in [0, 0.1) is 0 Å². The summed E-state index contributed by atoms with van der Waals surface area (Å²) in [6.07, 6.45) is 2.93. The van der Waals surface area contributed by atoms with Gasteiger partial charge in [0.1, 0.15) is 6.04 Å². The summed E-state index contributed by atoms with van der Waals surface area (Å²) in [5.74, 6) is -1.56. The highest BCUT2D eigenvalue weighted by Gasteiger charge is 2.40. The van der Waals surface area contributed by atoms with E-state index < -0.39 is 29.5 Å². The summed E-state index contributed by atoms with van der Waals surface area (Å²) < 4.78 is 5.17. The SMILES string of the molecule is NC(=O)C1COCCN1C(=O)NC1(CC(=O)O)CCCC1. The molecule has 3 amide bonds. The van der Waals surface area contributed by atoms with Crippen LogP contribution < -0.4 is 11.1 Å². The number of morpholine rings is 1. The van der Waals surface area contributed by atoms with E-state index in [0.29, 0.717) is 19.4 Å². The van der Waals surface area contributed by atoms with Crippen molar-refractivity contribution < 1.29 is 24.2 Å². The van der Waals surface area contributed by atoms with Crippen molar-refractivity contribution in [3.63, 3.8) is 0 Å². The molecule has 1 aliphatic carbocycles. The number of carboxylic acids is 1. The summed E-state index contributed by atoms with van der Waals surface area (Å²) in [5.41, 5.74) is 4.56. The molecular formula is C13H21N3O5. The van der Waals surface area contributed by atoms with Crippen molar-refractivity contribution in [2.24, 2.45) is 5.73 Å². The van der Waals surface area contributed by atoms with Crippen LogP contribution in [0.25, 0.3) is 0 Å². The number of amides is 3. The van der Waals surface area contributed by atoms with Crippen LogP contribution in [0.3, 0.4) is 0 Å². The van der Waals surface area contributed by atoms with Gasteiger partial charge < -0.3 is 25.8 Å². The fourth-order valence-corrected chi connectivity index (χ4v) is 3.07. The second-order valence-electron chi connectivity index (χ2n) is 5.67. The molecule has 21 heavy (non-hydrogen) atoms. The van der Waals surface area contributed by atoms with E-state index in [1.165, 1.54) is 4.90 Å². The predicted molar refractivity (Wildman–Crippen MR) is 72.5 cm³/mol. The predicted octanol–water partition coefficient (Wildman–Crippen LogP) is -0.330. The molecule has 2 aliphatic rings. The largest absolute Gasteiger partial charge is 0.481 e. The van der Waals surface area contributed by atoms with Gasteiger partial charge in [-0.25, -0.2) is 4.79 Å². The van der Waals surface area contributed by atoms with Crippen LogP contribution in [-0.2, 0) is 14.3 Å². The summed E-state index contributed by atoms with van der Waals surface area (Å²) in [4.78, 5) is 36.2. The van der Waals surface area contributed by atoms with Crippen molar-refractivity contribution in [3.05, 3.63) is 0 Å². The third kappa shape index (κ3) is 3.63. The average Bonchev–Trinajstić information content (AvgIpc) is 2.85. The normalized spacial score (nSPS) is 24.6. The van der Waals surface area contributed by atoms with Crippen LogP contribution in [0.4, 0.5) is 4.79 Å². The molecule has 0 spiro atoms. The first-order chi connectivity index (χ1) is 9.93. The Morgan fingerprint density at radius 3 is 2.57 bits per heavy atom. The molecule has 0 aromatic carbocycles. The molecule has 8 heteroatoms. The molecule has 1 aliphatic heterocycles. The first-order valence-electron chi connectivity index (χ1n) is 7.11. The molecule has 0 aromatic heterocycles. The van der Waals surface area contributed by atoms with E-state index in [2.05, 4.69) is 5.32 Å². The quantitative estimate of drug-likeness (QED) is 0.656. The fourth-order valence-electron chi connectivity index (χ4n) is 3.07. The molecule has 4 N–H and O–H groups in total. The Balaban J connectivity index is 2.07. The van der Waals surface area contributed by atoms with Crippen molar-refractivity contribution >= 4 is 17.9 Å². The summed E-state index contributed by atoms with van der Waals surface area (Å²) >= 11 is 0. The molecular weight excluding hydrogens is 278 g/mol. The van der Waals surface area contributed by atoms with Crippen LogP contribution in [0.5, 0.6) is 0 Å². The van der Waals surface area contributed by atoms with E-state index in [9.17, 15) is 14.4 Å². The Morgan fingerprint density at radius 1 is 1.33 bits per heavy atom. The molecule has 1 saturated heterocycles. The number of nitrogens with zero attached hydrogens (tertiary/aromatic N) is 1. The van der Waals surface area contributed by atoms with Gasteiger partial charge in [0.15, 0.2) is 0 Å². The standard InChI is InChI=1S/C13H21N3O5/c14-11(19)9-8-21-6-5-16(9)12(20)15-13(7-10(17)18)3-1-2-4-13/h9H,1-8H2,(H2,14,19)(H,15,20)(H,17,18). The maximum Gasteiger partial charge on any atom is 0.318 e. The van der Waals surface area contributed by atoms with Gasteiger partial charge in [0.25, 0.3) is 0 Å². The third-order valence-electron chi connectivity index (χ3n) is 4.14. The van der Waals surface area contributed by atoms with Gasteiger partial charge in [0, 0.05) is 6.54 Å². The van der Waals surface area contributed by atoms with E-state index in [1.54, 1.807) is 0 Å². The summed E-state index contributed by atoms with van der Waals surface area (Å²) in [7, 11) is 0. The van der Waals surface area contributed by atoms with Crippen LogP contribution in [0.15, 0.2) is 0 Å². The molecule has 1 saturated carbocycles. The van der Waals surface area contributed by atoms with Crippen molar-refractivity contribution in [1.82, 2.24) is 10.2 Å². The van der Waals surface area contributed by atoms with Gasteiger partial charge in [-0.3, -0.25) is 9.59 Å². The molecule has 0 aromatic rings. The van der Waals surface area contributed by atoms with E-state index in [1.807, 2.05) is 0 Å². The van der Waals surface area contributed by atoms with Crippen molar-refractivity contribution in [3.8, 4) is 0 Å². The first-order valence-corrected chi connectivity index (χ1v) is 7.11. The van der Waals surface area contributed by atoms with Crippen molar-refractivity contribution in [2.75, 3.05) is 19.8 Å². The number of carbonyl (C=O) groups excluding carboxylic acids is 2. The lowest BCUT2D eigenvalue weighted by Crippen LogP contribution is -2.61. The van der Waals surface area contributed by atoms with Gasteiger partial charge in [0.2, 0.25) is 5.91 Å².